The predicted molar refractivity (Wildman–Crippen MR) is 90.0 cm³/mol. The lowest BCUT2D eigenvalue weighted by atomic mass is 10.1. The first-order valence-corrected chi connectivity index (χ1v) is 7.78. The predicted octanol–water partition coefficient (Wildman–Crippen LogP) is 5.48. The van der Waals surface area contributed by atoms with Crippen molar-refractivity contribution in [2.45, 2.75) is 32.3 Å². The van der Waals surface area contributed by atoms with E-state index in [4.69, 9.17) is 4.74 Å². The van der Waals surface area contributed by atoms with E-state index in [1.165, 1.54) is 24.0 Å². The van der Waals surface area contributed by atoms with Gasteiger partial charge in [-0.1, -0.05) is 79.2 Å². The number of unbranched alkanes of at least 4 members (excludes halogenated alkanes) is 3. The molecule has 0 amide bonds. The molecule has 2 aromatic rings. The van der Waals surface area contributed by atoms with Gasteiger partial charge in [-0.25, -0.2) is 0 Å². The summed E-state index contributed by atoms with van der Waals surface area (Å²) in [6, 6.07) is 20.8. The Morgan fingerprint density at radius 1 is 0.762 bits per heavy atom. The van der Waals surface area contributed by atoms with Crippen molar-refractivity contribution in [3.8, 4) is 0 Å². The van der Waals surface area contributed by atoms with Crippen molar-refractivity contribution in [3.05, 3.63) is 77.9 Å². The number of ether oxygens (including phenoxy) is 1. The summed E-state index contributed by atoms with van der Waals surface area (Å²) in [6.07, 6.45) is 9.22. The van der Waals surface area contributed by atoms with E-state index in [9.17, 15) is 0 Å². The monoisotopic (exact) mass is 280 g/mol. The average Bonchev–Trinajstić information content (AvgIpc) is 2.55. The third-order valence-corrected chi connectivity index (χ3v) is 3.38. The molecule has 2 aromatic carbocycles. The number of hydrogen-bond acceptors (Lipinski definition) is 1. The van der Waals surface area contributed by atoms with E-state index >= 15 is 0 Å². The third kappa shape index (κ3) is 6.92. The molecule has 0 bridgehead atoms. The van der Waals surface area contributed by atoms with Crippen LogP contribution in [-0.2, 0) is 11.3 Å². The highest BCUT2D eigenvalue weighted by molar-refractivity contribution is 5.48. The standard InChI is InChI=1S/C20H24O/c1(2-6-12-19-13-7-4-8-14-19)3-11-17-21-18-20-15-9-5-10-16-20/h4-10,12-16H,1-3,11,17-18H2/b12-6-. The second kappa shape index (κ2) is 9.95. The van der Waals surface area contributed by atoms with Gasteiger partial charge in [0.1, 0.15) is 0 Å². The maximum absolute atomic E-state index is 5.68. The van der Waals surface area contributed by atoms with Crippen LogP contribution in [0.5, 0.6) is 0 Å². The number of rotatable bonds is 9. The molecule has 110 valence electrons. The topological polar surface area (TPSA) is 9.23 Å². The molecule has 21 heavy (non-hydrogen) atoms. The van der Waals surface area contributed by atoms with Gasteiger partial charge in [0.15, 0.2) is 0 Å². The van der Waals surface area contributed by atoms with Crippen LogP contribution in [0.4, 0.5) is 0 Å². The van der Waals surface area contributed by atoms with Crippen LogP contribution in [0.3, 0.4) is 0 Å². The molecule has 0 fully saturated rings. The van der Waals surface area contributed by atoms with E-state index in [1.807, 2.05) is 12.1 Å². The summed E-state index contributed by atoms with van der Waals surface area (Å²) in [5.41, 5.74) is 2.53. The van der Waals surface area contributed by atoms with E-state index in [1.54, 1.807) is 0 Å². The molecule has 0 radical (unpaired) electrons. The molecule has 0 N–H and O–H groups in total. The summed E-state index contributed by atoms with van der Waals surface area (Å²) in [4.78, 5) is 0. The van der Waals surface area contributed by atoms with E-state index in [0.717, 1.165) is 26.1 Å². The Hall–Kier alpha value is -1.86. The Morgan fingerprint density at radius 2 is 1.48 bits per heavy atom. The molecule has 0 saturated heterocycles. The molecule has 0 aliphatic heterocycles. The summed E-state index contributed by atoms with van der Waals surface area (Å²) in [5, 5.41) is 0. The zero-order chi connectivity index (χ0) is 14.6. The van der Waals surface area contributed by atoms with Crippen LogP contribution in [0.1, 0.15) is 36.8 Å². The Balaban J connectivity index is 1.46. The van der Waals surface area contributed by atoms with Gasteiger partial charge in [-0.3, -0.25) is 0 Å². The minimum atomic E-state index is 0.731. The average molecular weight is 280 g/mol. The first-order chi connectivity index (χ1) is 10.4. The van der Waals surface area contributed by atoms with Gasteiger partial charge in [-0.2, -0.15) is 0 Å². The second-order valence-electron chi connectivity index (χ2n) is 5.20. The van der Waals surface area contributed by atoms with Crippen LogP contribution >= 0.6 is 0 Å². The van der Waals surface area contributed by atoms with Gasteiger partial charge < -0.3 is 4.74 Å². The van der Waals surface area contributed by atoms with Crippen LogP contribution in [0.2, 0.25) is 0 Å². The molecule has 0 spiro atoms. The van der Waals surface area contributed by atoms with Crippen molar-refractivity contribution in [2.75, 3.05) is 6.61 Å². The minimum Gasteiger partial charge on any atom is -0.377 e. The highest BCUT2D eigenvalue weighted by Gasteiger charge is 1.92. The third-order valence-electron chi connectivity index (χ3n) is 3.38. The molecule has 0 unspecified atom stereocenters. The largest absolute Gasteiger partial charge is 0.377 e. The van der Waals surface area contributed by atoms with Crippen molar-refractivity contribution in [2.24, 2.45) is 0 Å². The Labute approximate surface area is 128 Å². The van der Waals surface area contributed by atoms with Gasteiger partial charge >= 0.3 is 0 Å². The Morgan fingerprint density at radius 3 is 2.24 bits per heavy atom. The van der Waals surface area contributed by atoms with Crippen LogP contribution in [0.15, 0.2) is 66.7 Å². The second-order valence-corrected chi connectivity index (χ2v) is 5.20. The lowest BCUT2D eigenvalue weighted by Gasteiger charge is -2.03. The molecule has 1 nitrogen and oxygen atoms in total. The zero-order valence-electron chi connectivity index (χ0n) is 12.6. The van der Waals surface area contributed by atoms with E-state index < -0.39 is 0 Å². The molecule has 0 heterocycles. The summed E-state index contributed by atoms with van der Waals surface area (Å²) < 4.78 is 5.68. The van der Waals surface area contributed by atoms with Gasteiger partial charge in [-0.05, 0) is 30.4 Å². The fourth-order valence-electron chi connectivity index (χ4n) is 2.19. The number of benzene rings is 2. The summed E-state index contributed by atoms with van der Waals surface area (Å²) in [6.45, 7) is 1.59. The van der Waals surface area contributed by atoms with Crippen molar-refractivity contribution < 1.29 is 4.74 Å². The molecule has 0 atom stereocenters. The molecule has 0 aliphatic rings. The van der Waals surface area contributed by atoms with E-state index in [0.29, 0.717) is 0 Å². The van der Waals surface area contributed by atoms with Gasteiger partial charge in [0.25, 0.3) is 0 Å². The summed E-state index contributed by atoms with van der Waals surface area (Å²) in [7, 11) is 0. The number of allylic oxidation sites excluding steroid dienone is 1. The quantitative estimate of drug-likeness (QED) is 0.553. The summed E-state index contributed by atoms with van der Waals surface area (Å²) in [5.74, 6) is 0. The van der Waals surface area contributed by atoms with Crippen LogP contribution in [0, 0.1) is 0 Å². The van der Waals surface area contributed by atoms with Crippen molar-refractivity contribution in [1.82, 2.24) is 0 Å². The zero-order valence-corrected chi connectivity index (χ0v) is 12.6. The SMILES string of the molecule is C(=C/c1ccccc1)/CCCCCOCc1ccccc1. The first-order valence-electron chi connectivity index (χ1n) is 7.78. The van der Waals surface area contributed by atoms with E-state index in [-0.39, 0.29) is 0 Å². The minimum absolute atomic E-state index is 0.731. The Bertz CT molecular complexity index is 502. The van der Waals surface area contributed by atoms with Gasteiger partial charge in [0.05, 0.1) is 6.61 Å². The van der Waals surface area contributed by atoms with Crippen molar-refractivity contribution >= 4 is 6.08 Å². The molecule has 1 heteroatoms. The van der Waals surface area contributed by atoms with Crippen molar-refractivity contribution in [3.63, 3.8) is 0 Å². The van der Waals surface area contributed by atoms with E-state index in [2.05, 4.69) is 60.7 Å². The molecule has 0 aromatic heterocycles. The highest BCUT2D eigenvalue weighted by Crippen LogP contribution is 2.06. The van der Waals surface area contributed by atoms with Gasteiger partial charge in [0, 0.05) is 6.61 Å². The Kier molecular flexibility index (Phi) is 7.36. The lowest BCUT2D eigenvalue weighted by Crippen LogP contribution is -1.95. The van der Waals surface area contributed by atoms with Gasteiger partial charge in [-0.15, -0.1) is 0 Å². The smallest absolute Gasteiger partial charge is 0.0716 e. The fraction of sp³-hybridized carbons (Fsp3) is 0.300. The maximum Gasteiger partial charge on any atom is 0.0716 e. The summed E-state index contributed by atoms with van der Waals surface area (Å²) >= 11 is 0. The molecular formula is C20H24O. The fourth-order valence-corrected chi connectivity index (χ4v) is 2.19. The maximum atomic E-state index is 5.68. The number of hydrogen-bond donors (Lipinski definition) is 0. The van der Waals surface area contributed by atoms with Crippen LogP contribution in [-0.4, -0.2) is 6.61 Å². The highest BCUT2D eigenvalue weighted by atomic mass is 16.5. The molecule has 0 aliphatic carbocycles. The van der Waals surface area contributed by atoms with Crippen LogP contribution in [0.25, 0.3) is 6.08 Å². The normalized spacial score (nSPS) is 11.0. The van der Waals surface area contributed by atoms with Crippen molar-refractivity contribution in [1.29, 1.82) is 0 Å². The first kappa shape index (κ1) is 15.5. The molecule has 0 saturated carbocycles. The molecule has 2 rings (SSSR count). The lowest BCUT2D eigenvalue weighted by molar-refractivity contribution is 0.117. The van der Waals surface area contributed by atoms with Gasteiger partial charge in [0.2, 0.25) is 0 Å². The molecular weight excluding hydrogens is 256 g/mol. The van der Waals surface area contributed by atoms with Crippen LogP contribution < -0.4 is 0 Å².